The van der Waals surface area contributed by atoms with Crippen molar-refractivity contribution in [1.29, 1.82) is 0 Å². The van der Waals surface area contributed by atoms with Gasteiger partial charge in [-0.15, -0.1) is 0 Å². The van der Waals surface area contributed by atoms with Gasteiger partial charge in [0, 0.05) is 5.69 Å². The number of hydrogen-bond acceptors (Lipinski definition) is 4. The highest BCUT2D eigenvalue weighted by molar-refractivity contribution is 7.89. The van der Waals surface area contributed by atoms with Gasteiger partial charge in [0.2, 0.25) is 10.0 Å². The molecule has 0 spiro atoms. The number of sulfonamides is 1. The van der Waals surface area contributed by atoms with Gasteiger partial charge >= 0.3 is 0 Å². The van der Waals surface area contributed by atoms with Crippen molar-refractivity contribution in [3.63, 3.8) is 0 Å². The van der Waals surface area contributed by atoms with Crippen LogP contribution in [-0.2, 0) is 16.4 Å². The third-order valence-corrected chi connectivity index (χ3v) is 5.52. The van der Waals surface area contributed by atoms with E-state index in [1.165, 1.54) is 6.07 Å². The van der Waals surface area contributed by atoms with Crippen LogP contribution in [0.4, 0.5) is 5.69 Å². The first-order valence-electron chi connectivity index (χ1n) is 8.81. The van der Waals surface area contributed by atoms with Gasteiger partial charge in [-0.3, -0.25) is 4.79 Å². The number of para-hydroxylation sites is 1. The van der Waals surface area contributed by atoms with Crippen molar-refractivity contribution < 1.29 is 13.2 Å². The smallest absolute Gasteiger partial charge is 0.259 e. The molecule has 0 saturated carbocycles. The Kier molecular flexibility index (Phi) is 5.35. The van der Waals surface area contributed by atoms with Crippen LogP contribution in [0.25, 0.3) is 5.69 Å². The number of aryl methyl sites for hydroxylation is 2. The quantitative estimate of drug-likeness (QED) is 0.689. The van der Waals surface area contributed by atoms with Crippen LogP contribution in [0, 0.1) is 13.8 Å². The minimum absolute atomic E-state index is 0.0150. The first-order valence-corrected chi connectivity index (χ1v) is 10.4. The molecule has 7 nitrogen and oxygen atoms in total. The van der Waals surface area contributed by atoms with Crippen LogP contribution in [0.15, 0.2) is 53.4 Å². The van der Waals surface area contributed by atoms with E-state index in [-0.39, 0.29) is 10.8 Å². The summed E-state index contributed by atoms with van der Waals surface area (Å²) >= 11 is 0. The fourth-order valence-corrected chi connectivity index (χ4v) is 4.04. The number of aromatic nitrogens is 2. The summed E-state index contributed by atoms with van der Waals surface area (Å²) in [6.07, 6.45) is 0.516. The Labute approximate surface area is 164 Å². The van der Waals surface area contributed by atoms with Crippen molar-refractivity contribution in [3.8, 4) is 5.69 Å². The van der Waals surface area contributed by atoms with Crippen molar-refractivity contribution in [3.05, 3.63) is 71.0 Å². The second-order valence-corrected chi connectivity index (χ2v) is 8.00. The molecule has 2 aromatic carbocycles. The molecule has 0 saturated heterocycles. The maximum absolute atomic E-state index is 12.9. The van der Waals surface area contributed by atoms with Gasteiger partial charge in [0.1, 0.15) is 0 Å². The molecule has 146 valence electrons. The van der Waals surface area contributed by atoms with Crippen molar-refractivity contribution >= 4 is 21.6 Å². The average molecular weight is 398 g/mol. The summed E-state index contributed by atoms with van der Waals surface area (Å²) in [7, 11) is -3.88. The number of anilines is 1. The number of carbonyl (C=O) groups is 1. The molecular formula is C20H22N4O3S. The van der Waals surface area contributed by atoms with Crippen LogP contribution in [0.5, 0.6) is 0 Å². The van der Waals surface area contributed by atoms with Crippen LogP contribution in [0.3, 0.4) is 0 Å². The molecule has 1 aromatic heterocycles. The van der Waals surface area contributed by atoms with E-state index >= 15 is 0 Å². The van der Waals surface area contributed by atoms with Crippen LogP contribution < -0.4 is 10.5 Å². The zero-order valence-electron chi connectivity index (χ0n) is 15.9. The van der Waals surface area contributed by atoms with E-state index in [1.807, 2.05) is 44.2 Å². The SMILES string of the molecule is CCc1ccc(NC(=O)c2c(C)nn(-c3ccccc3)c2C)cc1S(N)(=O)=O. The van der Waals surface area contributed by atoms with Crippen molar-refractivity contribution in [2.45, 2.75) is 32.1 Å². The van der Waals surface area contributed by atoms with E-state index < -0.39 is 10.0 Å². The van der Waals surface area contributed by atoms with E-state index in [4.69, 9.17) is 5.14 Å². The lowest BCUT2D eigenvalue weighted by Gasteiger charge is -2.10. The molecular weight excluding hydrogens is 376 g/mol. The largest absolute Gasteiger partial charge is 0.322 e. The maximum atomic E-state index is 12.9. The van der Waals surface area contributed by atoms with Gasteiger partial charge in [0.25, 0.3) is 5.91 Å². The lowest BCUT2D eigenvalue weighted by atomic mass is 10.1. The fourth-order valence-electron chi connectivity index (χ4n) is 3.17. The van der Waals surface area contributed by atoms with Gasteiger partial charge in [-0.05, 0) is 50.1 Å². The zero-order chi connectivity index (χ0) is 20.5. The average Bonchev–Trinajstić information content (AvgIpc) is 2.96. The van der Waals surface area contributed by atoms with Crippen LogP contribution in [0.2, 0.25) is 0 Å². The number of rotatable bonds is 5. The first kappa shape index (κ1) is 19.8. The molecule has 0 aliphatic rings. The Morgan fingerprint density at radius 2 is 1.82 bits per heavy atom. The number of amides is 1. The van der Waals surface area contributed by atoms with Crippen LogP contribution in [0.1, 0.15) is 34.2 Å². The second kappa shape index (κ2) is 7.57. The van der Waals surface area contributed by atoms with Crippen molar-refractivity contribution in [2.24, 2.45) is 5.14 Å². The molecule has 0 fully saturated rings. The number of carbonyl (C=O) groups excluding carboxylic acids is 1. The van der Waals surface area contributed by atoms with E-state index in [2.05, 4.69) is 10.4 Å². The summed E-state index contributed by atoms with van der Waals surface area (Å²) in [5.74, 6) is -0.359. The highest BCUT2D eigenvalue weighted by atomic mass is 32.2. The van der Waals surface area contributed by atoms with Crippen molar-refractivity contribution in [1.82, 2.24) is 9.78 Å². The van der Waals surface area contributed by atoms with E-state index in [0.29, 0.717) is 34.6 Å². The predicted octanol–water partition coefficient (Wildman–Crippen LogP) is 2.95. The summed E-state index contributed by atoms with van der Waals surface area (Å²) < 4.78 is 25.4. The Bertz CT molecular complexity index is 1140. The monoisotopic (exact) mass is 398 g/mol. The predicted molar refractivity (Wildman–Crippen MR) is 108 cm³/mol. The lowest BCUT2D eigenvalue weighted by molar-refractivity contribution is 0.102. The molecule has 0 radical (unpaired) electrons. The van der Waals surface area contributed by atoms with Gasteiger partial charge in [-0.25, -0.2) is 18.2 Å². The van der Waals surface area contributed by atoms with Gasteiger partial charge in [0.05, 0.1) is 27.5 Å². The number of primary sulfonamides is 1. The highest BCUT2D eigenvalue weighted by Crippen LogP contribution is 2.23. The molecule has 0 aliphatic heterocycles. The topological polar surface area (TPSA) is 107 Å². The highest BCUT2D eigenvalue weighted by Gasteiger charge is 2.21. The number of hydrogen-bond donors (Lipinski definition) is 2. The standard InChI is InChI=1S/C20H22N4O3S/c1-4-15-10-11-16(12-18(15)28(21,26)27)22-20(25)19-13(2)23-24(14(19)3)17-8-6-5-7-9-17/h5-12H,4H2,1-3H3,(H,22,25)(H2,21,26,27). The van der Waals surface area contributed by atoms with Gasteiger partial charge < -0.3 is 5.32 Å². The normalized spacial score (nSPS) is 11.4. The molecule has 28 heavy (non-hydrogen) atoms. The Morgan fingerprint density at radius 1 is 1.14 bits per heavy atom. The van der Waals surface area contributed by atoms with Crippen LogP contribution in [-0.4, -0.2) is 24.1 Å². The number of benzene rings is 2. The van der Waals surface area contributed by atoms with Gasteiger partial charge in [-0.2, -0.15) is 5.10 Å². The zero-order valence-corrected chi connectivity index (χ0v) is 16.7. The van der Waals surface area contributed by atoms with Crippen LogP contribution >= 0.6 is 0 Å². The van der Waals surface area contributed by atoms with Crippen molar-refractivity contribution in [2.75, 3.05) is 5.32 Å². The van der Waals surface area contributed by atoms with Gasteiger partial charge in [0.15, 0.2) is 0 Å². The molecule has 8 heteroatoms. The number of nitrogens with zero attached hydrogens (tertiary/aromatic N) is 2. The Hall–Kier alpha value is -2.97. The fraction of sp³-hybridized carbons (Fsp3) is 0.200. The molecule has 3 rings (SSSR count). The minimum Gasteiger partial charge on any atom is -0.322 e. The molecule has 3 N–H and O–H groups in total. The summed E-state index contributed by atoms with van der Waals surface area (Å²) in [6.45, 7) is 5.42. The maximum Gasteiger partial charge on any atom is 0.259 e. The Morgan fingerprint density at radius 3 is 2.43 bits per heavy atom. The molecule has 0 atom stereocenters. The molecule has 3 aromatic rings. The van der Waals surface area contributed by atoms with E-state index in [9.17, 15) is 13.2 Å². The van der Waals surface area contributed by atoms with E-state index in [1.54, 1.807) is 23.7 Å². The summed E-state index contributed by atoms with van der Waals surface area (Å²) in [5.41, 5.74) is 3.53. The molecule has 1 heterocycles. The number of nitrogens with two attached hydrogens (primary N) is 1. The lowest BCUT2D eigenvalue weighted by Crippen LogP contribution is -2.17. The third kappa shape index (κ3) is 3.83. The van der Waals surface area contributed by atoms with E-state index in [0.717, 1.165) is 5.69 Å². The minimum atomic E-state index is -3.88. The summed E-state index contributed by atoms with van der Waals surface area (Å²) in [5, 5.41) is 12.5. The second-order valence-electron chi connectivity index (χ2n) is 6.47. The Balaban J connectivity index is 1.96. The molecule has 0 unspecified atom stereocenters. The first-order chi connectivity index (χ1) is 13.2. The molecule has 1 amide bonds. The molecule has 0 aliphatic carbocycles. The van der Waals surface area contributed by atoms with Gasteiger partial charge in [-0.1, -0.05) is 31.2 Å². The summed E-state index contributed by atoms with van der Waals surface area (Å²) in [6, 6.07) is 14.2. The summed E-state index contributed by atoms with van der Waals surface area (Å²) in [4.78, 5) is 12.9. The molecule has 0 bridgehead atoms. The number of nitrogens with one attached hydrogen (secondary N) is 1. The third-order valence-electron chi connectivity index (χ3n) is 4.53.